The van der Waals surface area contributed by atoms with E-state index in [4.69, 9.17) is 9.47 Å². The van der Waals surface area contributed by atoms with Crippen LogP contribution in [0.5, 0.6) is 5.75 Å². The largest absolute Gasteiger partial charge is 0.483 e. The predicted molar refractivity (Wildman–Crippen MR) is 130 cm³/mol. The summed E-state index contributed by atoms with van der Waals surface area (Å²) in [5.74, 6) is 0.951. The van der Waals surface area contributed by atoms with E-state index < -0.39 is 0 Å². The van der Waals surface area contributed by atoms with Crippen LogP contribution in [0.3, 0.4) is 0 Å². The quantitative estimate of drug-likeness (QED) is 0.483. The number of anilines is 2. The Labute approximate surface area is 188 Å². The van der Waals surface area contributed by atoms with Crippen LogP contribution in [0.25, 0.3) is 0 Å². The van der Waals surface area contributed by atoms with Crippen LogP contribution in [-0.2, 0) is 15.6 Å². The van der Waals surface area contributed by atoms with Gasteiger partial charge in [0.25, 0.3) is 0 Å². The highest BCUT2D eigenvalue weighted by atomic mass is 32.2. The molecule has 1 aliphatic rings. The van der Waals surface area contributed by atoms with E-state index in [2.05, 4.69) is 111 Å². The van der Waals surface area contributed by atoms with Crippen molar-refractivity contribution in [3.63, 3.8) is 0 Å². The zero-order valence-corrected chi connectivity index (χ0v) is 19.6. The van der Waals surface area contributed by atoms with Crippen molar-refractivity contribution < 1.29 is 9.47 Å². The van der Waals surface area contributed by atoms with Crippen molar-refractivity contribution in [1.82, 2.24) is 0 Å². The average molecular weight is 436 g/mol. The third kappa shape index (κ3) is 5.00. The highest BCUT2D eigenvalue weighted by Crippen LogP contribution is 2.39. The van der Waals surface area contributed by atoms with Crippen LogP contribution in [0.15, 0.2) is 87.5 Å². The summed E-state index contributed by atoms with van der Waals surface area (Å²) in [6, 6.07) is 26.1. The van der Waals surface area contributed by atoms with Crippen molar-refractivity contribution in [2.75, 3.05) is 51.2 Å². The van der Waals surface area contributed by atoms with Gasteiger partial charge in [0.05, 0.1) is 13.2 Å². The summed E-state index contributed by atoms with van der Waals surface area (Å²) < 4.78 is 12.0. The van der Waals surface area contributed by atoms with Gasteiger partial charge in [0, 0.05) is 58.1 Å². The number of para-hydroxylation sites is 1. The predicted octanol–water partition coefficient (Wildman–Crippen LogP) is 5.08. The highest BCUT2D eigenvalue weighted by Gasteiger charge is 2.34. The van der Waals surface area contributed by atoms with Gasteiger partial charge in [0.1, 0.15) is 17.0 Å². The Balaban J connectivity index is 1.84. The Kier molecular flexibility index (Phi) is 6.73. The number of rotatable bonds is 7. The van der Waals surface area contributed by atoms with Crippen LogP contribution in [0.2, 0.25) is 0 Å². The molecule has 3 aromatic rings. The molecule has 5 heteroatoms. The van der Waals surface area contributed by atoms with Crippen molar-refractivity contribution in [2.24, 2.45) is 0 Å². The molecule has 0 aromatic heterocycles. The van der Waals surface area contributed by atoms with Gasteiger partial charge < -0.3 is 19.3 Å². The van der Waals surface area contributed by atoms with Gasteiger partial charge in [0.2, 0.25) is 4.90 Å². The number of nitrogens with zero attached hydrogens (tertiary/aromatic N) is 2. The summed E-state index contributed by atoms with van der Waals surface area (Å²) in [6.45, 7) is 1.43. The molecular formula is C26H31N2O2S+. The monoisotopic (exact) mass is 435 g/mol. The normalized spacial score (nSPS) is 15.8. The fraction of sp³-hybridized carbons (Fsp3) is 0.308. The van der Waals surface area contributed by atoms with E-state index in [-0.39, 0.29) is 17.0 Å². The Bertz CT molecular complexity index is 964. The second-order valence-corrected chi connectivity index (χ2v) is 10.1. The first-order valence-electron chi connectivity index (χ1n) is 10.7. The van der Waals surface area contributed by atoms with E-state index in [9.17, 15) is 0 Å². The van der Waals surface area contributed by atoms with E-state index in [0.29, 0.717) is 6.61 Å². The van der Waals surface area contributed by atoms with Gasteiger partial charge in [0.15, 0.2) is 15.5 Å². The lowest BCUT2D eigenvalue weighted by Crippen LogP contribution is -2.18. The van der Waals surface area contributed by atoms with Gasteiger partial charge in [-0.25, -0.2) is 0 Å². The Morgan fingerprint density at radius 2 is 1.42 bits per heavy atom. The van der Waals surface area contributed by atoms with E-state index >= 15 is 0 Å². The summed E-state index contributed by atoms with van der Waals surface area (Å²) in [5.41, 5.74) is 2.39. The molecule has 0 aliphatic carbocycles. The molecule has 1 atom stereocenters. The molecule has 0 saturated carbocycles. The number of hydrogen-bond donors (Lipinski definition) is 0. The molecule has 4 nitrogen and oxygen atoms in total. The molecule has 0 radical (unpaired) electrons. The van der Waals surface area contributed by atoms with Crippen molar-refractivity contribution in [2.45, 2.75) is 27.2 Å². The zero-order chi connectivity index (χ0) is 21.8. The first-order valence-corrected chi connectivity index (χ1v) is 11.9. The van der Waals surface area contributed by atoms with Gasteiger partial charge in [-0.05, 0) is 36.4 Å². The molecule has 1 saturated heterocycles. The zero-order valence-electron chi connectivity index (χ0n) is 18.7. The fourth-order valence-corrected chi connectivity index (χ4v) is 5.89. The van der Waals surface area contributed by atoms with E-state index in [0.717, 1.165) is 18.8 Å². The lowest BCUT2D eigenvalue weighted by Gasteiger charge is -2.18. The molecule has 1 unspecified atom stereocenters. The average Bonchev–Trinajstić information content (AvgIpc) is 3.29. The second-order valence-electron chi connectivity index (χ2n) is 8.14. The molecule has 1 aliphatic heterocycles. The minimum Gasteiger partial charge on any atom is -0.483 e. The molecule has 31 heavy (non-hydrogen) atoms. The summed E-state index contributed by atoms with van der Waals surface area (Å²) in [5, 5.41) is 0. The number of ether oxygens (including phenoxy) is 2. The van der Waals surface area contributed by atoms with Gasteiger partial charge in [-0.2, -0.15) is 0 Å². The number of hydrogen-bond acceptors (Lipinski definition) is 4. The SMILES string of the molecule is CN(C)c1cccc([S+](c2cccc(N(C)C)c2)c2ccccc2OC2CCOC2)c1. The van der Waals surface area contributed by atoms with Crippen molar-refractivity contribution >= 4 is 22.3 Å². The van der Waals surface area contributed by atoms with Crippen molar-refractivity contribution in [3.8, 4) is 5.75 Å². The number of benzene rings is 3. The maximum absolute atomic E-state index is 6.45. The second kappa shape index (κ2) is 9.67. The van der Waals surface area contributed by atoms with Crippen LogP contribution in [-0.4, -0.2) is 47.5 Å². The first-order chi connectivity index (χ1) is 15.0. The Morgan fingerprint density at radius 3 is 1.97 bits per heavy atom. The third-order valence-corrected chi connectivity index (χ3v) is 7.62. The maximum atomic E-state index is 6.45. The highest BCUT2D eigenvalue weighted by molar-refractivity contribution is 7.97. The Hall–Kier alpha value is -2.63. The van der Waals surface area contributed by atoms with Crippen LogP contribution in [0, 0.1) is 0 Å². The van der Waals surface area contributed by atoms with Crippen LogP contribution in [0.1, 0.15) is 6.42 Å². The van der Waals surface area contributed by atoms with E-state index in [1.54, 1.807) is 0 Å². The van der Waals surface area contributed by atoms with E-state index in [1.165, 1.54) is 26.1 Å². The minimum atomic E-state index is -0.299. The van der Waals surface area contributed by atoms with Gasteiger partial charge in [-0.3, -0.25) is 0 Å². The summed E-state index contributed by atoms with van der Waals surface area (Å²) in [4.78, 5) is 8.07. The van der Waals surface area contributed by atoms with Crippen molar-refractivity contribution in [1.29, 1.82) is 0 Å². The fourth-order valence-electron chi connectivity index (χ4n) is 3.67. The molecule has 1 heterocycles. The molecular weight excluding hydrogens is 404 g/mol. The van der Waals surface area contributed by atoms with E-state index in [1.807, 2.05) is 0 Å². The third-order valence-electron chi connectivity index (χ3n) is 5.39. The van der Waals surface area contributed by atoms with Gasteiger partial charge >= 0.3 is 0 Å². The van der Waals surface area contributed by atoms with Gasteiger partial charge in [-0.1, -0.05) is 24.3 Å². The molecule has 0 bridgehead atoms. The molecule has 0 N–H and O–H groups in total. The van der Waals surface area contributed by atoms with Crippen LogP contribution >= 0.6 is 0 Å². The molecule has 4 rings (SSSR count). The maximum Gasteiger partial charge on any atom is 0.208 e. The van der Waals surface area contributed by atoms with Crippen LogP contribution < -0.4 is 14.5 Å². The summed E-state index contributed by atoms with van der Waals surface area (Å²) in [7, 11) is 8.04. The first kappa shape index (κ1) is 21.6. The molecule has 3 aromatic carbocycles. The molecule has 0 spiro atoms. The van der Waals surface area contributed by atoms with Crippen LogP contribution in [0.4, 0.5) is 11.4 Å². The smallest absolute Gasteiger partial charge is 0.208 e. The van der Waals surface area contributed by atoms with Gasteiger partial charge in [-0.15, -0.1) is 0 Å². The molecule has 162 valence electrons. The topological polar surface area (TPSA) is 24.9 Å². The Morgan fingerprint density at radius 1 is 0.806 bits per heavy atom. The molecule has 0 amide bonds. The minimum absolute atomic E-state index is 0.118. The summed E-state index contributed by atoms with van der Waals surface area (Å²) in [6.07, 6.45) is 1.06. The molecule has 1 fully saturated rings. The lowest BCUT2D eigenvalue weighted by molar-refractivity contribution is 0.139. The lowest BCUT2D eigenvalue weighted by atomic mass is 10.3. The van der Waals surface area contributed by atoms with Crippen molar-refractivity contribution in [3.05, 3.63) is 72.8 Å². The standard InChI is InChI=1S/C26H31N2O2S/c1-27(2)20-9-7-11-23(17-20)31(24-12-8-10-21(18-24)28(3)4)26-14-6-5-13-25(26)30-22-15-16-29-19-22/h5-14,17-18,22H,15-16,19H2,1-4H3/q+1. The summed E-state index contributed by atoms with van der Waals surface area (Å²) >= 11 is 0.